The second-order valence-corrected chi connectivity index (χ2v) is 9.96. The van der Waals surface area contributed by atoms with Crippen molar-refractivity contribution in [2.45, 2.75) is 31.1 Å². The first-order valence-electron chi connectivity index (χ1n) is 13.1. The topological polar surface area (TPSA) is 113 Å². The molecule has 2 heterocycles. The first kappa shape index (κ1) is 30.4. The Morgan fingerprint density at radius 1 is 0.905 bits per heavy atom. The maximum Gasteiger partial charge on any atom is 0.490 e. The number of aliphatic carboxylic acids is 1. The van der Waals surface area contributed by atoms with Crippen LogP contribution in [-0.2, 0) is 30.3 Å². The number of benzene rings is 3. The molecule has 3 unspecified atom stereocenters. The van der Waals surface area contributed by atoms with Crippen LogP contribution in [0.4, 0.5) is 13.2 Å². The molecule has 11 heteroatoms. The van der Waals surface area contributed by atoms with Crippen molar-refractivity contribution in [2.75, 3.05) is 13.7 Å². The Balaban J connectivity index is 0.000000517. The fourth-order valence-electron chi connectivity index (χ4n) is 5.70. The molecule has 3 aromatic carbocycles. The van der Waals surface area contributed by atoms with E-state index >= 15 is 0 Å². The van der Waals surface area contributed by atoms with Crippen LogP contribution >= 0.6 is 0 Å². The highest BCUT2D eigenvalue weighted by Crippen LogP contribution is 2.50. The van der Waals surface area contributed by atoms with Crippen molar-refractivity contribution in [1.82, 2.24) is 10.2 Å². The normalized spacial score (nSPS) is 23.2. The van der Waals surface area contributed by atoms with E-state index in [4.69, 9.17) is 14.6 Å². The molecule has 2 aliphatic rings. The van der Waals surface area contributed by atoms with Gasteiger partial charge in [-0.15, -0.1) is 0 Å². The first-order chi connectivity index (χ1) is 19.9. The summed E-state index contributed by atoms with van der Waals surface area (Å²) in [5.74, 6) is -5.38. The summed E-state index contributed by atoms with van der Waals surface area (Å²) in [5.41, 5.74) is 2.54. The lowest BCUT2D eigenvalue weighted by atomic mass is 9.76. The van der Waals surface area contributed by atoms with E-state index in [-0.39, 0.29) is 24.8 Å². The third kappa shape index (κ3) is 5.78. The second-order valence-electron chi connectivity index (χ2n) is 9.96. The van der Waals surface area contributed by atoms with Gasteiger partial charge < -0.3 is 9.84 Å². The lowest BCUT2D eigenvalue weighted by molar-refractivity contribution is -0.192. The van der Waals surface area contributed by atoms with Crippen molar-refractivity contribution in [3.05, 3.63) is 96.1 Å². The van der Waals surface area contributed by atoms with Crippen molar-refractivity contribution < 1.29 is 42.2 Å². The van der Waals surface area contributed by atoms with Crippen LogP contribution in [0, 0.1) is 11.8 Å². The van der Waals surface area contributed by atoms with Crippen LogP contribution in [-0.4, -0.2) is 59.1 Å². The highest BCUT2D eigenvalue weighted by atomic mass is 19.4. The van der Waals surface area contributed by atoms with Gasteiger partial charge in [0.2, 0.25) is 11.8 Å². The van der Waals surface area contributed by atoms with Gasteiger partial charge in [-0.25, -0.2) is 4.79 Å². The molecule has 0 spiro atoms. The van der Waals surface area contributed by atoms with Gasteiger partial charge in [0.05, 0.1) is 18.9 Å². The van der Waals surface area contributed by atoms with Gasteiger partial charge in [-0.05, 0) is 29.2 Å². The maximum atomic E-state index is 13.5. The van der Waals surface area contributed by atoms with Crippen LogP contribution in [0.3, 0.4) is 0 Å². The SMILES string of the molecule is CCN1C(=O)C2C(c3ccc(-c4ccccc4)cc3)N[C@@](Cc3ccccc3)(C(=O)OC)C2C1=O.O=C(O)C(F)(F)F. The van der Waals surface area contributed by atoms with Crippen molar-refractivity contribution in [1.29, 1.82) is 0 Å². The molecular weight excluding hydrogens is 553 g/mol. The fraction of sp³-hybridized carbons (Fsp3) is 0.290. The monoisotopic (exact) mass is 582 g/mol. The Morgan fingerprint density at radius 2 is 1.43 bits per heavy atom. The third-order valence-corrected chi connectivity index (χ3v) is 7.56. The van der Waals surface area contributed by atoms with Gasteiger partial charge in [0.1, 0.15) is 5.54 Å². The Kier molecular flexibility index (Phi) is 8.81. The molecular formula is C31H29F3N2O6. The summed E-state index contributed by atoms with van der Waals surface area (Å²) in [5, 5.41) is 10.6. The number of alkyl halides is 3. The van der Waals surface area contributed by atoms with Crippen LogP contribution in [0.25, 0.3) is 11.1 Å². The number of halogens is 3. The third-order valence-electron chi connectivity index (χ3n) is 7.56. The number of amides is 2. The molecule has 0 aromatic heterocycles. The zero-order chi connectivity index (χ0) is 30.7. The van der Waals surface area contributed by atoms with Crippen LogP contribution in [0.2, 0.25) is 0 Å². The Hall–Kier alpha value is -4.51. The summed E-state index contributed by atoms with van der Waals surface area (Å²) < 4.78 is 37.0. The van der Waals surface area contributed by atoms with E-state index in [0.717, 1.165) is 22.3 Å². The summed E-state index contributed by atoms with van der Waals surface area (Å²) in [6.45, 7) is 2.05. The predicted octanol–water partition coefficient (Wildman–Crippen LogP) is 4.41. The minimum absolute atomic E-state index is 0.244. The number of hydrogen-bond acceptors (Lipinski definition) is 6. The van der Waals surface area contributed by atoms with Gasteiger partial charge in [-0.1, -0.05) is 84.9 Å². The molecule has 5 rings (SSSR count). The number of rotatable bonds is 6. The molecule has 4 atom stereocenters. The molecule has 2 fully saturated rings. The Morgan fingerprint density at radius 3 is 1.93 bits per heavy atom. The van der Waals surface area contributed by atoms with Gasteiger partial charge in [0, 0.05) is 19.0 Å². The van der Waals surface area contributed by atoms with Crippen molar-refractivity contribution in [3.63, 3.8) is 0 Å². The average molecular weight is 583 g/mol. The number of nitrogens with zero attached hydrogens (tertiary/aromatic N) is 1. The van der Waals surface area contributed by atoms with E-state index in [0.29, 0.717) is 0 Å². The largest absolute Gasteiger partial charge is 0.490 e. The smallest absolute Gasteiger partial charge is 0.475 e. The number of likely N-dealkylation sites (tertiary alicyclic amines) is 1. The number of esters is 1. The number of imide groups is 1. The number of fused-ring (bicyclic) bond motifs is 1. The first-order valence-corrected chi connectivity index (χ1v) is 13.1. The van der Waals surface area contributed by atoms with Gasteiger partial charge in [-0.2, -0.15) is 13.2 Å². The van der Waals surface area contributed by atoms with Gasteiger partial charge in [0.25, 0.3) is 0 Å². The van der Waals surface area contributed by atoms with Crippen LogP contribution in [0.15, 0.2) is 84.9 Å². The van der Waals surface area contributed by atoms with E-state index in [2.05, 4.69) is 5.32 Å². The van der Waals surface area contributed by atoms with Crippen molar-refractivity contribution in [3.8, 4) is 11.1 Å². The average Bonchev–Trinajstić information content (AvgIpc) is 3.46. The zero-order valence-electron chi connectivity index (χ0n) is 22.8. The van der Waals surface area contributed by atoms with E-state index in [9.17, 15) is 27.6 Å². The number of carboxylic acids is 1. The summed E-state index contributed by atoms with van der Waals surface area (Å²) in [7, 11) is 1.33. The standard InChI is InChI=1S/C29H28N2O4.C2HF3O2/c1-3-31-26(32)23-24(27(31)33)29(28(34)35-2,18-19-10-6-4-7-11-19)30-25(23)22-16-14-21(15-17-22)20-12-8-5-9-13-20;3-2(4,5)1(6)7/h4-17,23-25,30H,3,18H2,1-2H3;(H,6,7)/t23?,24?,25?,29-;/m1./s1. The molecule has 2 saturated heterocycles. The molecule has 0 aliphatic carbocycles. The van der Waals surface area contributed by atoms with Gasteiger partial charge >= 0.3 is 18.1 Å². The van der Waals surface area contributed by atoms with Crippen LogP contribution in [0.1, 0.15) is 24.1 Å². The van der Waals surface area contributed by atoms with Gasteiger partial charge in [-0.3, -0.25) is 24.6 Å². The second kappa shape index (κ2) is 12.2. The molecule has 42 heavy (non-hydrogen) atoms. The number of nitrogens with one attached hydrogen (secondary N) is 1. The molecule has 0 saturated carbocycles. The maximum absolute atomic E-state index is 13.5. The minimum Gasteiger partial charge on any atom is -0.475 e. The molecule has 2 aliphatic heterocycles. The van der Waals surface area contributed by atoms with Gasteiger partial charge in [0.15, 0.2) is 0 Å². The Bertz CT molecular complexity index is 1450. The molecule has 0 radical (unpaired) electrons. The van der Waals surface area contributed by atoms with Crippen molar-refractivity contribution >= 4 is 23.8 Å². The summed E-state index contributed by atoms with van der Waals surface area (Å²) >= 11 is 0. The number of methoxy groups -OCH3 is 1. The lowest BCUT2D eigenvalue weighted by Gasteiger charge is -2.32. The predicted molar refractivity (Wildman–Crippen MR) is 146 cm³/mol. The molecule has 220 valence electrons. The zero-order valence-corrected chi connectivity index (χ0v) is 22.8. The fourth-order valence-corrected chi connectivity index (χ4v) is 5.70. The Labute approximate surface area is 240 Å². The number of carbonyl (C=O) groups excluding carboxylic acids is 3. The van der Waals surface area contributed by atoms with E-state index in [1.807, 2.05) is 84.9 Å². The van der Waals surface area contributed by atoms with E-state index in [1.54, 1.807) is 6.92 Å². The van der Waals surface area contributed by atoms with Crippen LogP contribution in [0.5, 0.6) is 0 Å². The van der Waals surface area contributed by atoms with E-state index < -0.39 is 41.5 Å². The minimum atomic E-state index is -5.08. The number of hydrogen-bond donors (Lipinski definition) is 2. The lowest BCUT2D eigenvalue weighted by Crippen LogP contribution is -2.57. The highest BCUT2D eigenvalue weighted by Gasteiger charge is 2.68. The highest BCUT2D eigenvalue weighted by molar-refractivity contribution is 6.09. The van der Waals surface area contributed by atoms with Crippen molar-refractivity contribution in [2.24, 2.45) is 11.8 Å². The quantitative estimate of drug-likeness (QED) is 0.327. The molecule has 0 bridgehead atoms. The van der Waals surface area contributed by atoms with Crippen LogP contribution < -0.4 is 5.32 Å². The number of carbonyl (C=O) groups is 4. The number of ether oxygens (including phenoxy) is 1. The number of carboxylic acid groups (broad SMARTS) is 1. The molecule has 2 amide bonds. The summed E-state index contributed by atoms with van der Waals surface area (Å²) in [6.07, 6.45) is -4.84. The molecule has 2 N–H and O–H groups in total. The molecule has 8 nitrogen and oxygen atoms in total. The van der Waals surface area contributed by atoms with E-state index in [1.165, 1.54) is 12.0 Å². The molecule has 3 aromatic rings. The summed E-state index contributed by atoms with van der Waals surface area (Å²) in [4.78, 5) is 50.5. The summed E-state index contributed by atoms with van der Waals surface area (Å²) in [6, 6.07) is 27.0.